The van der Waals surface area contributed by atoms with Crippen LogP contribution in [0.4, 0.5) is 18.0 Å². The van der Waals surface area contributed by atoms with Gasteiger partial charge >= 0.3 is 12.3 Å². The minimum atomic E-state index is -4.24. The van der Waals surface area contributed by atoms with Gasteiger partial charge in [-0.25, -0.2) is 14.5 Å². The lowest BCUT2D eigenvalue weighted by Gasteiger charge is -2.33. The summed E-state index contributed by atoms with van der Waals surface area (Å²) >= 11 is 7.27. The molecule has 3 heterocycles. The first-order chi connectivity index (χ1) is 22.8. The van der Waals surface area contributed by atoms with Crippen LogP contribution in [0.2, 0.25) is 5.15 Å². The number of pyridine rings is 1. The van der Waals surface area contributed by atoms with E-state index in [1.165, 1.54) is 35.2 Å². The minimum absolute atomic E-state index is 0.0823. The summed E-state index contributed by atoms with van der Waals surface area (Å²) in [6.45, 7) is 14.4. The largest absolute Gasteiger partial charge is 0.477 e. The third-order valence-electron chi connectivity index (χ3n) is 8.08. The van der Waals surface area contributed by atoms with E-state index in [0.29, 0.717) is 31.2 Å². The highest BCUT2D eigenvalue weighted by molar-refractivity contribution is 8.13. The van der Waals surface area contributed by atoms with E-state index in [-0.39, 0.29) is 60.5 Å². The van der Waals surface area contributed by atoms with Crippen LogP contribution in [0.25, 0.3) is 5.82 Å². The number of nitrogens with zero attached hydrogens (tertiary/aromatic N) is 6. The fraction of sp³-hybridized carbons (Fsp3) is 0.594. The van der Waals surface area contributed by atoms with E-state index in [1.807, 2.05) is 34.6 Å². The lowest BCUT2D eigenvalue weighted by Crippen LogP contribution is -2.45. The van der Waals surface area contributed by atoms with E-state index in [1.54, 1.807) is 17.0 Å². The summed E-state index contributed by atoms with van der Waals surface area (Å²) in [4.78, 5) is 31.5. The molecule has 2 aromatic rings. The Labute approximate surface area is 293 Å². The number of ether oxygens (including phenoxy) is 3. The van der Waals surface area contributed by atoms with Gasteiger partial charge in [-0.15, -0.1) is 5.10 Å². The van der Waals surface area contributed by atoms with Crippen LogP contribution in [-0.2, 0) is 9.47 Å². The fourth-order valence-corrected chi connectivity index (χ4v) is 5.98. The van der Waals surface area contributed by atoms with E-state index in [2.05, 4.69) is 26.5 Å². The van der Waals surface area contributed by atoms with Crippen LogP contribution in [0.15, 0.2) is 42.2 Å². The Morgan fingerprint density at radius 1 is 1.22 bits per heavy atom. The predicted octanol–water partition coefficient (Wildman–Crippen LogP) is 6.65. The molecule has 17 heteroatoms. The van der Waals surface area contributed by atoms with Crippen LogP contribution in [0.5, 0.6) is 5.88 Å². The van der Waals surface area contributed by atoms with Crippen molar-refractivity contribution in [2.24, 2.45) is 10.5 Å². The summed E-state index contributed by atoms with van der Waals surface area (Å²) in [7, 11) is 1.76. The second kappa shape index (κ2) is 15.2. The maximum atomic E-state index is 13.1. The fourth-order valence-electron chi connectivity index (χ4n) is 5.17. The highest BCUT2D eigenvalue weighted by atomic mass is 35.5. The van der Waals surface area contributed by atoms with Crippen molar-refractivity contribution in [2.75, 3.05) is 33.4 Å². The molecule has 2 aromatic heterocycles. The van der Waals surface area contributed by atoms with Crippen molar-refractivity contribution in [2.45, 2.75) is 83.7 Å². The Kier molecular flexibility index (Phi) is 11.9. The molecular weight excluding hydrogens is 687 g/mol. The molecule has 0 bridgehead atoms. The molecule has 1 aliphatic carbocycles. The summed E-state index contributed by atoms with van der Waals surface area (Å²) in [5.74, 6) is -0.0840. The number of nitrogens with one attached hydrogen (secondary N) is 1. The molecule has 1 unspecified atom stereocenters. The first-order valence-corrected chi connectivity index (χ1v) is 17.0. The smallest absolute Gasteiger partial charge is 0.410 e. The van der Waals surface area contributed by atoms with Crippen molar-refractivity contribution in [1.29, 1.82) is 0 Å². The molecule has 1 atom stereocenters. The van der Waals surface area contributed by atoms with Gasteiger partial charge in [0.2, 0.25) is 5.88 Å². The number of carbonyl (C=O) groups excluding carboxylic acids is 2. The van der Waals surface area contributed by atoms with Gasteiger partial charge in [-0.2, -0.15) is 18.3 Å². The van der Waals surface area contributed by atoms with Gasteiger partial charge in [0.1, 0.15) is 15.8 Å². The monoisotopic (exact) mass is 729 g/mol. The topological polar surface area (TPSA) is 123 Å². The lowest BCUT2D eigenvalue weighted by molar-refractivity contribution is -0.190. The first-order valence-electron chi connectivity index (χ1n) is 15.8. The number of aromatic nitrogens is 3. The molecule has 0 spiro atoms. The van der Waals surface area contributed by atoms with Crippen LogP contribution in [-0.4, -0.2) is 98.5 Å². The van der Waals surface area contributed by atoms with Crippen molar-refractivity contribution < 1.29 is 37.0 Å². The maximum absolute atomic E-state index is 13.1. The molecular formula is C32H43ClF3N7O5S. The zero-order chi connectivity index (χ0) is 36.2. The molecule has 12 nitrogen and oxygen atoms in total. The molecule has 2 fully saturated rings. The standard InChI is InChI=1S/C32H43ClF3N7O5S/c1-8-25(39-41(7)16-18-46-21-19-30(5,6)42(20-21)28(45)48-29(2,3)4)49-40-27(44)22-9-10-23(37-26(22)33)43-15-11-24(38-43)47-17-14-31(12-13-31)32(34,35)36/h8-11,15,21H,1,12-14,16-20H2,2-7H3,(H,40,44)/b39-25+. The van der Waals surface area contributed by atoms with Crippen molar-refractivity contribution in [3.8, 4) is 11.7 Å². The number of hydrazone groups is 1. The van der Waals surface area contributed by atoms with Gasteiger partial charge in [0.25, 0.3) is 5.91 Å². The second-order valence-corrected chi connectivity index (χ2v) is 14.8. The van der Waals surface area contributed by atoms with Crippen molar-refractivity contribution >= 4 is 40.6 Å². The minimum Gasteiger partial charge on any atom is -0.477 e. The van der Waals surface area contributed by atoms with E-state index < -0.39 is 28.6 Å². The lowest BCUT2D eigenvalue weighted by atomic mass is 10.0. The maximum Gasteiger partial charge on any atom is 0.410 e. The van der Waals surface area contributed by atoms with Gasteiger partial charge < -0.3 is 19.1 Å². The van der Waals surface area contributed by atoms with E-state index in [4.69, 9.17) is 25.8 Å². The molecule has 1 aliphatic heterocycles. The number of likely N-dealkylation sites (tertiary alicyclic amines) is 1. The summed E-state index contributed by atoms with van der Waals surface area (Å²) in [5, 5.41) is 10.6. The molecule has 1 N–H and O–H groups in total. The molecule has 2 amide bonds. The third kappa shape index (κ3) is 10.3. The predicted molar refractivity (Wildman–Crippen MR) is 181 cm³/mol. The highest BCUT2D eigenvalue weighted by Crippen LogP contribution is 2.59. The average Bonchev–Trinajstić information content (AvgIpc) is 3.54. The average molecular weight is 730 g/mol. The Morgan fingerprint density at radius 2 is 1.94 bits per heavy atom. The van der Waals surface area contributed by atoms with Crippen molar-refractivity contribution in [3.05, 3.63) is 47.8 Å². The van der Waals surface area contributed by atoms with Crippen LogP contribution < -0.4 is 9.46 Å². The van der Waals surface area contributed by atoms with Gasteiger partial charge in [0.05, 0.1) is 43.4 Å². The Bertz CT molecular complexity index is 1540. The van der Waals surface area contributed by atoms with Crippen LogP contribution >= 0.6 is 23.5 Å². The number of amides is 2. The molecule has 4 rings (SSSR count). The number of likely N-dealkylation sites (N-methyl/N-ethyl adjacent to an activating group) is 1. The molecule has 2 aliphatic rings. The normalized spacial score (nSPS) is 18.6. The van der Waals surface area contributed by atoms with Crippen LogP contribution in [0.1, 0.15) is 70.7 Å². The molecule has 49 heavy (non-hydrogen) atoms. The Hall–Kier alpha value is -3.50. The summed E-state index contributed by atoms with van der Waals surface area (Å²) < 4.78 is 60.5. The van der Waals surface area contributed by atoms with Crippen molar-refractivity contribution in [3.63, 3.8) is 0 Å². The summed E-state index contributed by atoms with van der Waals surface area (Å²) in [6.07, 6.45) is -0.953. The second-order valence-electron chi connectivity index (χ2n) is 13.6. The number of alkyl halides is 3. The summed E-state index contributed by atoms with van der Waals surface area (Å²) in [6, 6.07) is 4.51. The van der Waals surface area contributed by atoms with E-state index in [9.17, 15) is 22.8 Å². The summed E-state index contributed by atoms with van der Waals surface area (Å²) in [5.41, 5.74) is -2.53. The van der Waals surface area contributed by atoms with E-state index in [0.717, 1.165) is 11.9 Å². The third-order valence-corrected chi connectivity index (χ3v) is 9.12. The highest BCUT2D eigenvalue weighted by Gasteiger charge is 2.62. The number of halogens is 4. The molecule has 1 saturated carbocycles. The van der Waals surface area contributed by atoms with Gasteiger partial charge in [0.15, 0.2) is 5.82 Å². The Balaban J connectivity index is 1.22. The van der Waals surface area contributed by atoms with Gasteiger partial charge in [-0.1, -0.05) is 18.2 Å². The molecule has 0 radical (unpaired) electrons. The molecule has 270 valence electrons. The molecule has 1 saturated heterocycles. The van der Waals surface area contributed by atoms with Gasteiger partial charge in [-0.3, -0.25) is 14.5 Å². The van der Waals surface area contributed by atoms with Gasteiger partial charge in [-0.05, 0) is 78.5 Å². The van der Waals surface area contributed by atoms with Crippen molar-refractivity contribution in [1.82, 2.24) is 29.4 Å². The Morgan fingerprint density at radius 3 is 2.55 bits per heavy atom. The quantitative estimate of drug-likeness (QED) is 0.0842. The number of hydrogen-bond donors (Lipinski definition) is 1. The first kappa shape index (κ1) is 38.3. The SMILES string of the molecule is C=C/C(=N\N(C)CCOC1CN(C(=O)OC(C)(C)C)C(C)(C)C1)SNC(=O)c1ccc(-n2ccc(OCCC3(C(F)(F)F)CC3)n2)nc1Cl. The number of carbonyl (C=O) groups is 2. The zero-order valence-corrected chi connectivity index (χ0v) is 30.0. The zero-order valence-electron chi connectivity index (χ0n) is 28.5. The number of hydrogen-bond acceptors (Lipinski definition) is 10. The number of rotatable bonds is 12. The van der Waals surface area contributed by atoms with Crippen LogP contribution in [0.3, 0.4) is 0 Å². The van der Waals surface area contributed by atoms with E-state index >= 15 is 0 Å². The van der Waals surface area contributed by atoms with Gasteiger partial charge in [0, 0.05) is 36.8 Å². The molecule has 0 aromatic carbocycles. The van der Waals surface area contributed by atoms with Crippen LogP contribution in [0, 0.1) is 5.41 Å².